The van der Waals surface area contributed by atoms with Gasteiger partial charge in [0.05, 0.1) is 12.7 Å². The number of esters is 1. The molecule has 0 aromatic heterocycles. The van der Waals surface area contributed by atoms with E-state index in [2.05, 4.69) is 21.3 Å². The second-order valence-electron chi connectivity index (χ2n) is 1.96. The van der Waals surface area contributed by atoms with Crippen LogP contribution in [0, 0.1) is 0 Å². The molecule has 0 spiro atoms. The highest BCUT2D eigenvalue weighted by molar-refractivity contribution is 6.50. The molecule has 0 aromatic rings. The molecule has 0 rings (SSSR count). The summed E-state index contributed by atoms with van der Waals surface area (Å²) in [5.74, 6) is -1.69. The largest absolute Gasteiger partial charge is 0.465 e. The number of hydrogen-bond acceptors (Lipinski definition) is 5. The summed E-state index contributed by atoms with van der Waals surface area (Å²) in [5, 5.41) is 3.23. The number of hydrogen-bond donors (Lipinski definition) is 1. The van der Waals surface area contributed by atoms with Crippen LogP contribution in [0.2, 0.25) is 0 Å². The van der Waals surface area contributed by atoms with Crippen LogP contribution in [0.4, 0.5) is 0 Å². The van der Waals surface area contributed by atoms with E-state index in [0.717, 1.165) is 7.11 Å². The lowest BCUT2D eigenvalue weighted by molar-refractivity contribution is -0.135. The van der Waals surface area contributed by atoms with Crippen molar-refractivity contribution in [1.82, 2.24) is 0 Å². The maximum absolute atomic E-state index is 10.9. The zero-order chi connectivity index (χ0) is 10.4. The summed E-state index contributed by atoms with van der Waals surface area (Å²) >= 11 is 0. The van der Waals surface area contributed by atoms with Crippen LogP contribution in [0.25, 0.3) is 0 Å². The molecular formula is C7H10N2O4. The third kappa shape index (κ3) is 2.94. The zero-order valence-electron chi connectivity index (χ0n) is 7.36. The van der Waals surface area contributed by atoms with Gasteiger partial charge in [-0.05, 0) is 0 Å². The molecule has 0 saturated carbocycles. The Morgan fingerprint density at radius 2 is 1.92 bits per heavy atom. The summed E-state index contributed by atoms with van der Waals surface area (Å²) in [6, 6.07) is 0. The topological polar surface area (TPSA) is 91.0 Å². The van der Waals surface area contributed by atoms with Gasteiger partial charge in [0.25, 0.3) is 5.91 Å². The Morgan fingerprint density at radius 1 is 1.38 bits per heavy atom. The molecule has 1 amide bonds. The third-order valence-electron chi connectivity index (χ3n) is 1.13. The van der Waals surface area contributed by atoms with E-state index in [0.29, 0.717) is 0 Å². The minimum atomic E-state index is -0.905. The highest BCUT2D eigenvalue weighted by Gasteiger charge is 2.19. The molecule has 0 heterocycles. The molecule has 0 saturated heterocycles. The van der Waals surface area contributed by atoms with Gasteiger partial charge < -0.3 is 15.3 Å². The van der Waals surface area contributed by atoms with Crippen molar-refractivity contribution in [2.75, 3.05) is 14.2 Å². The number of ether oxygens (including phenoxy) is 1. The molecule has 6 heteroatoms. The lowest BCUT2D eigenvalue weighted by Crippen LogP contribution is -2.28. The average molecular weight is 186 g/mol. The minimum absolute atomic E-state index is 0.239. The maximum atomic E-state index is 10.9. The van der Waals surface area contributed by atoms with Gasteiger partial charge in [-0.1, -0.05) is 11.7 Å². The molecule has 0 aliphatic rings. The van der Waals surface area contributed by atoms with Gasteiger partial charge >= 0.3 is 5.97 Å². The van der Waals surface area contributed by atoms with Crippen molar-refractivity contribution in [2.45, 2.75) is 0 Å². The van der Waals surface area contributed by atoms with Crippen molar-refractivity contribution in [3.63, 3.8) is 0 Å². The van der Waals surface area contributed by atoms with Crippen molar-refractivity contribution in [2.24, 2.45) is 10.9 Å². The summed E-state index contributed by atoms with van der Waals surface area (Å²) < 4.78 is 4.31. The van der Waals surface area contributed by atoms with E-state index in [1.54, 1.807) is 0 Å². The van der Waals surface area contributed by atoms with E-state index in [9.17, 15) is 9.59 Å². The average Bonchev–Trinajstić information content (AvgIpc) is 2.11. The van der Waals surface area contributed by atoms with Crippen molar-refractivity contribution in [3.05, 3.63) is 12.2 Å². The second-order valence-corrected chi connectivity index (χ2v) is 1.96. The Kier molecular flexibility index (Phi) is 4.21. The molecular weight excluding hydrogens is 176 g/mol. The lowest BCUT2D eigenvalue weighted by atomic mass is 10.2. The predicted octanol–water partition coefficient (Wildman–Crippen LogP) is -0.797. The fourth-order valence-corrected chi connectivity index (χ4v) is 0.560. The maximum Gasteiger partial charge on any atom is 0.339 e. The Labute approximate surface area is 75.0 Å². The highest BCUT2D eigenvalue weighted by Crippen LogP contribution is 1.98. The van der Waals surface area contributed by atoms with Crippen LogP contribution >= 0.6 is 0 Å². The zero-order valence-corrected chi connectivity index (χ0v) is 7.36. The molecule has 2 N–H and O–H groups in total. The molecule has 0 atom stereocenters. The Bertz CT molecular complexity index is 270. The van der Waals surface area contributed by atoms with Crippen LogP contribution in [0.3, 0.4) is 0 Å². The molecule has 6 nitrogen and oxygen atoms in total. The Hall–Kier alpha value is -1.85. The number of nitrogens with zero attached hydrogens (tertiary/aromatic N) is 1. The number of nitrogens with two attached hydrogens (primary N) is 1. The number of methoxy groups -OCH3 is 1. The van der Waals surface area contributed by atoms with Crippen molar-refractivity contribution < 1.29 is 19.2 Å². The molecule has 0 fully saturated rings. The number of amides is 1. The quantitative estimate of drug-likeness (QED) is 0.269. The van der Waals surface area contributed by atoms with Crippen molar-refractivity contribution >= 4 is 17.6 Å². The normalized spacial score (nSPS) is 10.5. The molecule has 0 unspecified atom stereocenters. The van der Waals surface area contributed by atoms with Crippen molar-refractivity contribution in [3.8, 4) is 0 Å². The fraction of sp³-hybridized carbons (Fsp3) is 0.286. The number of carbonyl (C=O) groups is 2. The number of oxime groups is 1. The van der Waals surface area contributed by atoms with E-state index < -0.39 is 11.9 Å². The monoisotopic (exact) mass is 186 g/mol. The third-order valence-corrected chi connectivity index (χ3v) is 1.13. The van der Waals surface area contributed by atoms with Crippen LogP contribution in [0.15, 0.2) is 17.3 Å². The Balaban J connectivity index is 4.77. The first-order chi connectivity index (χ1) is 6.04. The SMILES string of the molecule is C=C(C(=O)OC)C(=NOC)C(N)=O. The van der Waals surface area contributed by atoms with Gasteiger partial charge in [0.15, 0.2) is 5.71 Å². The van der Waals surface area contributed by atoms with Gasteiger partial charge in [-0.3, -0.25) is 4.79 Å². The van der Waals surface area contributed by atoms with Gasteiger partial charge in [0, 0.05) is 0 Å². The second kappa shape index (κ2) is 4.91. The standard InChI is InChI=1S/C7H10N2O4/c1-4(7(11)12-2)5(6(8)10)9-13-3/h1H2,2-3H3,(H2,8,10). The van der Waals surface area contributed by atoms with Crippen LogP contribution in [0.1, 0.15) is 0 Å². The minimum Gasteiger partial charge on any atom is -0.465 e. The van der Waals surface area contributed by atoms with Gasteiger partial charge in [0.2, 0.25) is 0 Å². The van der Waals surface area contributed by atoms with Gasteiger partial charge in [-0.15, -0.1) is 0 Å². The van der Waals surface area contributed by atoms with Gasteiger partial charge in [-0.2, -0.15) is 0 Å². The summed E-state index contributed by atoms with van der Waals surface area (Å²) in [7, 11) is 2.37. The molecule has 0 aliphatic heterocycles. The van der Waals surface area contributed by atoms with E-state index >= 15 is 0 Å². The van der Waals surface area contributed by atoms with Crippen LogP contribution < -0.4 is 5.73 Å². The van der Waals surface area contributed by atoms with Crippen LogP contribution in [-0.2, 0) is 19.2 Å². The molecule has 0 bridgehead atoms. The molecule has 0 aromatic carbocycles. The van der Waals surface area contributed by atoms with E-state index in [1.807, 2.05) is 0 Å². The fourth-order valence-electron chi connectivity index (χ4n) is 0.560. The van der Waals surface area contributed by atoms with E-state index in [4.69, 9.17) is 5.73 Å². The van der Waals surface area contributed by atoms with Crippen LogP contribution in [0.5, 0.6) is 0 Å². The first-order valence-electron chi connectivity index (χ1n) is 3.23. The van der Waals surface area contributed by atoms with Crippen molar-refractivity contribution in [1.29, 1.82) is 0 Å². The summed E-state index contributed by atoms with van der Waals surface area (Å²) in [5.41, 5.74) is 4.31. The summed E-state index contributed by atoms with van der Waals surface area (Å²) in [6.07, 6.45) is 0. The molecule has 13 heavy (non-hydrogen) atoms. The molecule has 72 valence electrons. The number of rotatable bonds is 4. The first kappa shape index (κ1) is 11.2. The smallest absolute Gasteiger partial charge is 0.339 e. The lowest BCUT2D eigenvalue weighted by Gasteiger charge is -2.02. The molecule has 0 aliphatic carbocycles. The van der Waals surface area contributed by atoms with E-state index in [-0.39, 0.29) is 11.3 Å². The molecule has 0 radical (unpaired) electrons. The predicted molar refractivity (Wildman–Crippen MR) is 44.8 cm³/mol. The summed E-state index contributed by atoms with van der Waals surface area (Å²) in [6.45, 7) is 3.28. The van der Waals surface area contributed by atoms with Gasteiger partial charge in [-0.25, -0.2) is 4.79 Å². The van der Waals surface area contributed by atoms with Crippen LogP contribution in [-0.4, -0.2) is 31.8 Å². The van der Waals surface area contributed by atoms with E-state index in [1.165, 1.54) is 7.11 Å². The Morgan fingerprint density at radius 3 is 2.23 bits per heavy atom. The number of primary amides is 1. The van der Waals surface area contributed by atoms with Gasteiger partial charge in [0.1, 0.15) is 7.11 Å². The first-order valence-corrected chi connectivity index (χ1v) is 3.23. The number of carbonyl (C=O) groups excluding carboxylic acids is 2. The highest BCUT2D eigenvalue weighted by atomic mass is 16.6. The summed E-state index contributed by atoms with van der Waals surface area (Å²) in [4.78, 5) is 25.9.